The number of hydrogen-bond acceptors (Lipinski definition) is 1. The minimum atomic E-state index is 0.911. The molecule has 0 amide bonds. The van der Waals surface area contributed by atoms with Crippen molar-refractivity contribution in [3.8, 4) is 0 Å². The second-order valence-electron chi connectivity index (χ2n) is 5.67. The van der Waals surface area contributed by atoms with E-state index in [4.69, 9.17) is 0 Å². The van der Waals surface area contributed by atoms with E-state index in [-0.39, 0.29) is 0 Å². The Bertz CT molecular complexity index is 394. The maximum Gasteiger partial charge on any atom is 0.00952 e. The first-order valence-corrected chi connectivity index (χ1v) is 8.21. The zero-order chi connectivity index (χ0) is 12.2. The topological polar surface area (TPSA) is 0 Å². The number of hydrogen-bond donors (Lipinski definition) is 0. The minimum Gasteiger partial charge on any atom is -0.123 e. The van der Waals surface area contributed by atoms with E-state index >= 15 is 0 Å². The summed E-state index contributed by atoms with van der Waals surface area (Å²) in [4.78, 5) is 1.44. The van der Waals surface area contributed by atoms with E-state index in [0.29, 0.717) is 0 Å². The van der Waals surface area contributed by atoms with Gasteiger partial charge in [0, 0.05) is 10.1 Å². The lowest BCUT2D eigenvalue weighted by atomic mass is 10.0. The molecule has 3 rings (SSSR count). The van der Waals surface area contributed by atoms with E-state index in [0.717, 1.165) is 11.2 Å². The van der Waals surface area contributed by atoms with Gasteiger partial charge in [0.05, 0.1) is 0 Å². The fraction of sp³-hybridized carbons (Fsp3) is 0.529. The maximum atomic E-state index is 2.37. The van der Waals surface area contributed by atoms with Crippen LogP contribution in [0.2, 0.25) is 0 Å². The molecule has 2 aliphatic carbocycles. The van der Waals surface area contributed by atoms with Gasteiger partial charge in [-0.1, -0.05) is 50.0 Å². The third-order valence-corrected chi connectivity index (χ3v) is 5.31. The summed E-state index contributed by atoms with van der Waals surface area (Å²) < 4.78 is 0. The van der Waals surface area contributed by atoms with Crippen LogP contribution in [0.4, 0.5) is 0 Å². The second kappa shape index (κ2) is 5.97. The zero-order valence-electron chi connectivity index (χ0n) is 11.0. The number of thioether (sulfide) groups is 1. The summed E-state index contributed by atoms with van der Waals surface area (Å²) in [6, 6.07) is 9.07. The van der Waals surface area contributed by atoms with Crippen molar-refractivity contribution in [3.05, 3.63) is 35.9 Å². The van der Waals surface area contributed by atoms with Gasteiger partial charge in [-0.2, -0.15) is 0 Å². The van der Waals surface area contributed by atoms with Crippen LogP contribution >= 0.6 is 11.8 Å². The first-order valence-electron chi connectivity index (χ1n) is 7.33. The Kier molecular flexibility index (Phi) is 4.09. The summed E-state index contributed by atoms with van der Waals surface area (Å²) in [6.07, 6.45) is 14.6. The number of benzene rings is 1. The Morgan fingerprint density at radius 3 is 2.39 bits per heavy atom. The molecule has 0 heterocycles. The van der Waals surface area contributed by atoms with E-state index < -0.39 is 0 Å². The summed E-state index contributed by atoms with van der Waals surface area (Å²) >= 11 is 2.04. The van der Waals surface area contributed by atoms with Gasteiger partial charge in [-0.15, -0.1) is 11.8 Å². The van der Waals surface area contributed by atoms with E-state index in [1.54, 1.807) is 0 Å². The van der Waals surface area contributed by atoms with Crippen molar-refractivity contribution >= 4 is 17.8 Å². The van der Waals surface area contributed by atoms with Gasteiger partial charge in [0.1, 0.15) is 0 Å². The van der Waals surface area contributed by atoms with E-state index in [2.05, 4.69) is 36.4 Å². The average Bonchev–Trinajstić information content (AvgIpc) is 3.05. The highest BCUT2D eigenvalue weighted by Crippen LogP contribution is 2.39. The van der Waals surface area contributed by atoms with Crippen LogP contribution in [0.1, 0.15) is 50.5 Å². The molecule has 0 N–H and O–H groups in total. The summed E-state index contributed by atoms with van der Waals surface area (Å²) in [5, 5.41) is 0.911. The standard InChI is InChI=1S/C17H22S/c1-2-5-14(4-1)6-3-7-15-8-10-16(11-9-15)18-17-12-13-17/h3,7-11,14,17H,1-2,4-6,12-13H2/b7-3+. The fourth-order valence-electron chi connectivity index (χ4n) is 2.68. The summed E-state index contributed by atoms with van der Waals surface area (Å²) in [6.45, 7) is 0. The molecule has 96 valence electrons. The Labute approximate surface area is 115 Å². The molecule has 1 heteroatoms. The van der Waals surface area contributed by atoms with Crippen LogP contribution in [0, 0.1) is 5.92 Å². The normalized spacial score (nSPS) is 20.9. The predicted molar refractivity (Wildman–Crippen MR) is 80.9 cm³/mol. The van der Waals surface area contributed by atoms with Gasteiger partial charge in [-0.3, -0.25) is 0 Å². The van der Waals surface area contributed by atoms with Gasteiger partial charge in [-0.05, 0) is 42.9 Å². The maximum absolute atomic E-state index is 2.37. The Balaban J connectivity index is 1.50. The monoisotopic (exact) mass is 258 g/mol. The van der Waals surface area contributed by atoms with E-state index in [9.17, 15) is 0 Å². The van der Waals surface area contributed by atoms with Crippen LogP contribution in [0.3, 0.4) is 0 Å². The highest BCUT2D eigenvalue weighted by atomic mass is 32.2. The molecule has 2 saturated carbocycles. The largest absolute Gasteiger partial charge is 0.123 e. The van der Waals surface area contributed by atoms with Crippen molar-refractivity contribution in [2.75, 3.05) is 0 Å². The second-order valence-corrected chi connectivity index (χ2v) is 7.05. The molecule has 1 aromatic rings. The van der Waals surface area contributed by atoms with Crippen LogP contribution < -0.4 is 0 Å². The molecule has 0 spiro atoms. The van der Waals surface area contributed by atoms with Crippen molar-refractivity contribution in [3.63, 3.8) is 0 Å². The third kappa shape index (κ3) is 3.65. The zero-order valence-corrected chi connectivity index (χ0v) is 11.8. The molecule has 0 radical (unpaired) electrons. The van der Waals surface area contributed by atoms with Crippen LogP contribution in [0.5, 0.6) is 0 Å². The van der Waals surface area contributed by atoms with Crippen LogP contribution in [-0.4, -0.2) is 5.25 Å². The first-order chi connectivity index (χ1) is 8.90. The van der Waals surface area contributed by atoms with Crippen molar-refractivity contribution in [2.24, 2.45) is 5.92 Å². The molecule has 0 bridgehead atoms. The quantitative estimate of drug-likeness (QED) is 0.668. The van der Waals surface area contributed by atoms with Crippen LogP contribution in [0.25, 0.3) is 6.08 Å². The Morgan fingerprint density at radius 1 is 1.00 bits per heavy atom. The molecular formula is C17H22S. The molecule has 0 nitrogen and oxygen atoms in total. The first kappa shape index (κ1) is 12.3. The molecule has 1 aromatic carbocycles. The van der Waals surface area contributed by atoms with E-state index in [1.807, 2.05) is 11.8 Å². The van der Waals surface area contributed by atoms with Crippen molar-refractivity contribution in [1.29, 1.82) is 0 Å². The smallest absolute Gasteiger partial charge is 0.00952 e. The van der Waals surface area contributed by atoms with Crippen molar-refractivity contribution < 1.29 is 0 Å². The molecule has 0 saturated heterocycles. The van der Waals surface area contributed by atoms with Crippen molar-refractivity contribution in [1.82, 2.24) is 0 Å². The number of rotatable bonds is 5. The minimum absolute atomic E-state index is 0.911. The molecule has 2 fully saturated rings. The SMILES string of the molecule is C(=C\c1ccc(SC2CC2)cc1)/CC1CCCC1. The molecule has 0 aromatic heterocycles. The summed E-state index contributed by atoms with van der Waals surface area (Å²) in [5.41, 5.74) is 1.35. The fourth-order valence-corrected chi connectivity index (χ4v) is 3.73. The lowest BCUT2D eigenvalue weighted by molar-refractivity contribution is 0.559. The van der Waals surface area contributed by atoms with Gasteiger partial charge in [0.15, 0.2) is 0 Å². The lowest BCUT2D eigenvalue weighted by Gasteiger charge is -2.03. The van der Waals surface area contributed by atoms with E-state index in [1.165, 1.54) is 55.4 Å². The summed E-state index contributed by atoms with van der Waals surface area (Å²) in [5.74, 6) is 0.964. The molecule has 0 unspecified atom stereocenters. The van der Waals surface area contributed by atoms with Crippen LogP contribution in [-0.2, 0) is 0 Å². The molecule has 2 aliphatic rings. The molecule has 0 atom stereocenters. The Hall–Kier alpha value is -0.690. The molecule has 0 aliphatic heterocycles. The van der Waals surface area contributed by atoms with Gasteiger partial charge in [-0.25, -0.2) is 0 Å². The third-order valence-electron chi connectivity index (χ3n) is 3.96. The van der Waals surface area contributed by atoms with Gasteiger partial charge < -0.3 is 0 Å². The number of allylic oxidation sites excluding steroid dienone is 1. The molecule has 18 heavy (non-hydrogen) atoms. The summed E-state index contributed by atoms with van der Waals surface area (Å²) in [7, 11) is 0. The van der Waals surface area contributed by atoms with Crippen LogP contribution in [0.15, 0.2) is 35.2 Å². The van der Waals surface area contributed by atoms with Gasteiger partial charge in [0.2, 0.25) is 0 Å². The molecular weight excluding hydrogens is 236 g/mol. The van der Waals surface area contributed by atoms with Gasteiger partial charge in [0.25, 0.3) is 0 Å². The lowest BCUT2D eigenvalue weighted by Crippen LogP contribution is -1.88. The van der Waals surface area contributed by atoms with Gasteiger partial charge >= 0.3 is 0 Å². The van der Waals surface area contributed by atoms with Crippen molar-refractivity contribution in [2.45, 2.75) is 55.1 Å². The Morgan fingerprint density at radius 2 is 1.72 bits per heavy atom. The highest BCUT2D eigenvalue weighted by Gasteiger charge is 2.22. The highest BCUT2D eigenvalue weighted by molar-refractivity contribution is 8.00. The predicted octanol–water partition coefficient (Wildman–Crippen LogP) is 5.53. The average molecular weight is 258 g/mol.